The zero-order chi connectivity index (χ0) is 40.7. The number of aliphatic hydroxyl groups is 2. The van der Waals surface area contributed by atoms with Gasteiger partial charge in [0.25, 0.3) is 0 Å². The Labute approximate surface area is 346 Å². The van der Waals surface area contributed by atoms with Crippen LogP contribution in [0.3, 0.4) is 0 Å². The van der Waals surface area contributed by atoms with Crippen molar-refractivity contribution in [2.45, 2.75) is 193 Å². The Bertz CT molecular complexity index is 1150. The summed E-state index contributed by atoms with van der Waals surface area (Å²) in [4.78, 5) is 12.4. The normalized spacial score (nSPS) is 14.1. The zero-order valence-corrected chi connectivity index (χ0v) is 36.1. The van der Waals surface area contributed by atoms with E-state index in [1.54, 1.807) is 6.08 Å². The van der Waals surface area contributed by atoms with Crippen molar-refractivity contribution in [3.63, 3.8) is 0 Å². The SMILES string of the molecule is CC/C=C\C/C=C\C/C=C\C/C=C\C/C=C\C/C=C\C/C=C\CCCCCCCCCCCCCC(=O)NC(CO)C(O)/C=C/CC/C=C/CC/C=C/CCC. The molecular formula is C52H85NO3. The molecule has 0 aromatic heterocycles. The van der Waals surface area contributed by atoms with E-state index in [-0.39, 0.29) is 12.5 Å². The van der Waals surface area contributed by atoms with Gasteiger partial charge in [0, 0.05) is 6.42 Å². The van der Waals surface area contributed by atoms with E-state index in [2.05, 4.69) is 129 Å². The summed E-state index contributed by atoms with van der Waals surface area (Å²) in [6.07, 6.45) is 71.7. The van der Waals surface area contributed by atoms with Gasteiger partial charge in [-0.2, -0.15) is 0 Å². The van der Waals surface area contributed by atoms with Crippen molar-refractivity contribution in [3.8, 4) is 0 Å². The van der Waals surface area contributed by atoms with Crippen LogP contribution < -0.4 is 5.32 Å². The lowest BCUT2D eigenvalue weighted by atomic mass is 10.0. The van der Waals surface area contributed by atoms with Crippen molar-refractivity contribution in [1.29, 1.82) is 0 Å². The van der Waals surface area contributed by atoms with Crippen LogP contribution in [0, 0.1) is 0 Å². The minimum absolute atomic E-state index is 0.0900. The van der Waals surface area contributed by atoms with Gasteiger partial charge in [-0.15, -0.1) is 0 Å². The Morgan fingerprint density at radius 2 is 0.804 bits per heavy atom. The highest BCUT2D eigenvalue weighted by atomic mass is 16.3. The summed E-state index contributed by atoms with van der Waals surface area (Å²) in [5.74, 6) is -0.0900. The van der Waals surface area contributed by atoms with Crippen LogP contribution in [0.15, 0.2) is 122 Å². The van der Waals surface area contributed by atoms with Gasteiger partial charge in [0.05, 0.1) is 18.8 Å². The second-order valence-electron chi connectivity index (χ2n) is 14.7. The maximum Gasteiger partial charge on any atom is 0.220 e. The molecule has 0 aliphatic heterocycles. The van der Waals surface area contributed by atoms with Crippen molar-refractivity contribution in [2.24, 2.45) is 0 Å². The van der Waals surface area contributed by atoms with Crippen molar-refractivity contribution in [1.82, 2.24) is 5.32 Å². The molecule has 0 aliphatic rings. The Morgan fingerprint density at radius 3 is 1.23 bits per heavy atom. The number of nitrogens with one attached hydrogen (secondary N) is 1. The molecule has 0 rings (SSSR count). The van der Waals surface area contributed by atoms with Crippen LogP contribution in [0.1, 0.15) is 181 Å². The smallest absolute Gasteiger partial charge is 0.220 e. The standard InChI is InChI=1S/C52H85NO3/c1-3-5-7-9-11-13-15-16-17-18-19-20-21-22-23-24-25-26-27-28-29-30-31-32-33-34-35-36-38-40-42-44-46-48-52(56)53-50(49-54)51(55)47-45-43-41-39-37-14-12-10-8-6-4-2/h5,7-8,10-11,13,16-17,19-20,22-23,25-26,28-29,37,39,45,47,50-51,54-55H,3-4,6,9,12,14-15,18,21,24,27,30-36,38,40-44,46,48-49H2,1-2H3,(H,53,56)/b7-5-,10-8+,13-11-,17-16-,20-19-,23-22-,26-25-,29-28-,39-37+,47-45+. The Hall–Kier alpha value is -3.21. The lowest BCUT2D eigenvalue weighted by Gasteiger charge is -2.19. The molecule has 0 heterocycles. The average molecular weight is 772 g/mol. The molecule has 4 heteroatoms. The maximum absolute atomic E-state index is 12.4. The fraction of sp³-hybridized carbons (Fsp3) is 0.596. The minimum atomic E-state index is -0.877. The number of hydrogen-bond donors (Lipinski definition) is 3. The predicted octanol–water partition coefficient (Wildman–Crippen LogP) is 14.6. The van der Waals surface area contributed by atoms with Gasteiger partial charge in [0.1, 0.15) is 0 Å². The fourth-order valence-corrected chi connectivity index (χ4v) is 5.96. The lowest BCUT2D eigenvalue weighted by molar-refractivity contribution is -0.123. The van der Waals surface area contributed by atoms with E-state index in [0.29, 0.717) is 6.42 Å². The third-order valence-corrected chi connectivity index (χ3v) is 9.39. The summed E-state index contributed by atoms with van der Waals surface area (Å²) < 4.78 is 0. The fourth-order valence-electron chi connectivity index (χ4n) is 5.96. The van der Waals surface area contributed by atoms with Gasteiger partial charge < -0.3 is 15.5 Å². The minimum Gasteiger partial charge on any atom is -0.394 e. The molecule has 56 heavy (non-hydrogen) atoms. The first-order valence-corrected chi connectivity index (χ1v) is 22.7. The summed E-state index contributed by atoms with van der Waals surface area (Å²) in [6.45, 7) is 4.08. The maximum atomic E-state index is 12.4. The van der Waals surface area contributed by atoms with Crippen LogP contribution >= 0.6 is 0 Å². The van der Waals surface area contributed by atoms with E-state index in [1.807, 2.05) is 6.08 Å². The molecule has 0 aromatic rings. The van der Waals surface area contributed by atoms with Crippen LogP contribution in [0.4, 0.5) is 0 Å². The lowest BCUT2D eigenvalue weighted by Crippen LogP contribution is -2.45. The van der Waals surface area contributed by atoms with Crippen LogP contribution in [-0.4, -0.2) is 34.9 Å². The molecule has 316 valence electrons. The summed E-state index contributed by atoms with van der Waals surface area (Å²) in [7, 11) is 0. The van der Waals surface area contributed by atoms with Gasteiger partial charge in [-0.3, -0.25) is 4.79 Å². The van der Waals surface area contributed by atoms with Gasteiger partial charge in [-0.05, 0) is 96.3 Å². The highest BCUT2D eigenvalue weighted by molar-refractivity contribution is 5.76. The number of amides is 1. The van der Waals surface area contributed by atoms with Gasteiger partial charge in [0.15, 0.2) is 0 Å². The van der Waals surface area contributed by atoms with Crippen molar-refractivity contribution < 1.29 is 15.0 Å². The monoisotopic (exact) mass is 772 g/mol. The third kappa shape index (κ3) is 41.9. The first-order chi connectivity index (χ1) is 27.7. The summed E-state index contributed by atoms with van der Waals surface area (Å²) >= 11 is 0. The molecule has 0 saturated carbocycles. The predicted molar refractivity (Wildman–Crippen MR) is 248 cm³/mol. The van der Waals surface area contributed by atoms with E-state index in [4.69, 9.17) is 0 Å². The van der Waals surface area contributed by atoms with Crippen molar-refractivity contribution >= 4 is 5.91 Å². The molecule has 1 amide bonds. The number of carbonyl (C=O) groups is 1. The topological polar surface area (TPSA) is 69.6 Å². The van der Waals surface area contributed by atoms with Gasteiger partial charge in [0.2, 0.25) is 5.91 Å². The van der Waals surface area contributed by atoms with E-state index in [0.717, 1.165) is 96.3 Å². The van der Waals surface area contributed by atoms with Crippen LogP contribution in [0.5, 0.6) is 0 Å². The van der Waals surface area contributed by atoms with E-state index < -0.39 is 12.1 Å². The summed E-state index contributed by atoms with van der Waals surface area (Å²) in [5.41, 5.74) is 0. The largest absolute Gasteiger partial charge is 0.394 e. The van der Waals surface area contributed by atoms with Gasteiger partial charge in [-0.25, -0.2) is 0 Å². The molecule has 0 spiro atoms. The van der Waals surface area contributed by atoms with Crippen LogP contribution in [-0.2, 0) is 4.79 Å². The third-order valence-electron chi connectivity index (χ3n) is 9.39. The summed E-state index contributed by atoms with van der Waals surface area (Å²) in [6, 6.07) is -0.653. The molecule has 4 nitrogen and oxygen atoms in total. The number of carbonyl (C=O) groups excluding carboxylic acids is 1. The molecule has 0 aliphatic carbocycles. The first kappa shape index (κ1) is 52.8. The molecule has 0 bridgehead atoms. The molecular weight excluding hydrogens is 687 g/mol. The molecule has 0 aromatic carbocycles. The average Bonchev–Trinajstić information content (AvgIpc) is 3.20. The number of aliphatic hydroxyl groups excluding tert-OH is 2. The van der Waals surface area contributed by atoms with Crippen LogP contribution in [0.2, 0.25) is 0 Å². The Balaban J connectivity index is 3.62. The zero-order valence-electron chi connectivity index (χ0n) is 36.1. The molecule has 2 atom stereocenters. The Morgan fingerprint density at radius 1 is 0.446 bits per heavy atom. The first-order valence-electron chi connectivity index (χ1n) is 22.7. The Kier molecular flexibility index (Phi) is 43.5. The van der Waals surface area contributed by atoms with Crippen LogP contribution in [0.25, 0.3) is 0 Å². The quantitative estimate of drug-likeness (QED) is 0.0430. The second-order valence-corrected chi connectivity index (χ2v) is 14.7. The summed E-state index contributed by atoms with van der Waals surface area (Å²) in [5, 5.41) is 22.9. The van der Waals surface area contributed by atoms with E-state index in [1.165, 1.54) is 64.2 Å². The highest BCUT2D eigenvalue weighted by Gasteiger charge is 2.17. The van der Waals surface area contributed by atoms with Gasteiger partial charge in [-0.1, -0.05) is 200 Å². The number of rotatable bonds is 39. The number of allylic oxidation sites excluding steroid dienone is 19. The molecule has 0 fully saturated rings. The number of unbranched alkanes of at least 4 members (excludes halogenated alkanes) is 14. The highest BCUT2D eigenvalue weighted by Crippen LogP contribution is 2.13. The molecule has 0 radical (unpaired) electrons. The van der Waals surface area contributed by atoms with Crippen molar-refractivity contribution in [2.75, 3.05) is 6.61 Å². The second kappa shape index (κ2) is 46.2. The molecule has 3 N–H and O–H groups in total. The van der Waals surface area contributed by atoms with E-state index in [9.17, 15) is 15.0 Å². The van der Waals surface area contributed by atoms with Crippen molar-refractivity contribution in [3.05, 3.63) is 122 Å². The molecule has 0 saturated heterocycles. The molecule has 2 unspecified atom stereocenters. The number of hydrogen-bond acceptors (Lipinski definition) is 3. The van der Waals surface area contributed by atoms with E-state index >= 15 is 0 Å². The van der Waals surface area contributed by atoms with Gasteiger partial charge >= 0.3 is 0 Å².